The molecule has 1 aliphatic carbocycles. The fourth-order valence-corrected chi connectivity index (χ4v) is 10.8. The van der Waals surface area contributed by atoms with Gasteiger partial charge in [-0.15, -0.1) is 0 Å². The van der Waals surface area contributed by atoms with Crippen molar-refractivity contribution in [2.24, 2.45) is 5.92 Å². The van der Waals surface area contributed by atoms with Crippen molar-refractivity contribution >= 4 is 14.2 Å². The lowest BCUT2D eigenvalue weighted by Crippen LogP contribution is -2.49. The van der Waals surface area contributed by atoms with E-state index < -0.39 is 8.32 Å². The van der Waals surface area contributed by atoms with E-state index in [1.54, 1.807) is 11.8 Å². The van der Waals surface area contributed by atoms with Crippen LogP contribution < -0.4 is 0 Å². The zero-order valence-electron chi connectivity index (χ0n) is 22.0. The number of carbonyl (C=O) groups excluding carboxylic acids is 1. The van der Waals surface area contributed by atoms with Gasteiger partial charge in [-0.25, -0.2) is 0 Å². The Morgan fingerprint density at radius 2 is 1.61 bits per heavy atom. The van der Waals surface area contributed by atoms with Gasteiger partial charge in [-0.3, -0.25) is 9.69 Å². The Morgan fingerprint density at radius 1 is 1.03 bits per heavy atom. The predicted molar refractivity (Wildman–Crippen MR) is 142 cm³/mol. The minimum absolute atomic E-state index is 0.00794. The van der Waals surface area contributed by atoms with Crippen LogP contribution in [0.25, 0.3) is 0 Å². The molecule has 0 heterocycles. The third-order valence-corrected chi connectivity index (χ3v) is 13.2. The van der Waals surface area contributed by atoms with Gasteiger partial charge in [-0.05, 0) is 47.2 Å². The van der Waals surface area contributed by atoms with E-state index in [9.17, 15) is 4.79 Å². The maximum absolute atomic E-state index is 12.8. The van der Waals surface area contributed by atoms with Crippen molar-refractivity contribution in [2.45, 2.75) is 104 Å². The van der Waals surface area contributed by atoms with E-state index in [4.69, 9.17) is 4.43 Å². The van der Waals surface area contributed by atoms with Crippen LogP contribution >= 0.6 is 0 Å². The Morgan fingerprint density at radius 3 is 2.12 bits per heavy atom. The van der Waals surface area contributed by atoms with Crippen molar-refractivity contribution in [3.8, 4) is 11.8 Å². The molecule has 0 aromatic heterocycles. The van der Waals surface area contributed by atoms with Gasteiger partial charge in [0.1, 0.15) is 0 Å². The summed E-state index contributed by atoms with van der Waals surface area (Å²) in [7, 11) is -2.20. The summed E-state index contributed by atoms with van der Waals surface area (Å²) in [6.07, 6.45) is 9.73. The summed E-state index contributed by atoms with van der Waals surface area (Å²) in [5.41, 5.74) is 2.30. The van der Waals surface area contributed by atoms with Crippen LogP contribution in [0.1, 0.15) is 92.6 Å². The molecule has 1 amide bonds. The molecule has 3 nitrogen and oxygen atoms in total. The van der Waals surface area contributed by atoms with Crippen LogP contribution in [-0.4, -0.2) is 25.7 Å². The highest BCUT2D eigenvalue weighted by Crippen LogP contribution is 2.44. The van der Waals surface area contributed by atoms with Gasteiger partial charge in [-0.2, -0.15) is 0 Å². The molecule has 33 heavy (non-hydrogen) atoms. The van der Waals surface area contributed by atoms with Crippen molar-refractivity contribution < 1.29 is 9.22 Å². The molecule has 182 valence electrons. The molecule has 1 aliphatic rings. The van der Waals surface area contributed by atoms with Crippen LogP contribution in [-0.2, 0) is 9.22 Å². The normalized spacial score (nSPS) is 15.5. The molecule has 0 unspecified atom stereocenters. The van der Waals surface area contributed by atoms with Crippen LogP contribution in [0.3, 0.4) is 0 Å². The standard InChI is InChI=1S/C29H45NO2Si/c1-23(2)33(24(3)4,25(5)6)32-29(21-20-28-17-12-9-13-18-28)30(26(7)31)22-14-19-27-15-10-8-11-16-27/h8,10-11,15-16,21,23-25,28H,9,12-13,17-18,20,22H2,1-7H3/b29-21-. The first-order valence-electron chi connectivity index (χ1n) is 12.9. The number of rotatable bonds is 9. The molecule has 0 bridgehead atoms. The van der Waals surface area contributed by atoms with Gasteiger partial charge in [-0.1, -0.05) is 104 Å². The molecular formula is C29H45NO2Si. The zero-order valence-corrected chi connectivity index (χ0v) is 23.0. The summed E-state index contributed by atoms with van der Waals surface area (Å²) < 4.78 is 7.08. The first-order chi connectivity index (χ1) is 15.7. The van der Waals surface area contributed by atoms with Crippen LogP contribution in [0.4, 0.5) is 0 Å². The van der Waals surface area contributed by atoms with Crippen molar-refractivity contribution in [1.29, 1.82) is 0 Å². The van der Waals surface area contributed by atoms with E-state index >= 15 is 0 Å². The Labute approximate surface area is 204 Å². The van der Waals surface area contributed by atoms with Gasteiger partial charge in [0.15, 0.2) is 5.88 Å². The molecule has 0 spiro atoms. The Kier molecular flexibility index (Phi) is 10.8. The molecule has 2 rings (SSSR count). The van der Waals surface area contributed by atoms with Crippen LogP contribution in [0.5, 0.6) is 0 Å². The summed E-state index contributed by atoms with van der Waals surface area (Å²) in [6.45, 7) is 15.7. The van der Waals surface area contributed by atoms with Crippen molar-refractivity contribution in [1.82, 2.24) is 4.90 Å². The van der Waals surface area contributed by atoms with E-state index in [0.717, 1.165) is 17.9 Å². The van der Waals surface area contributed by atoms with Crippen LogP contribution in [0.15, 0.2) is 42.3 Å². The van der Waals surface area contributed by atoms with Gasteiger partial charge in [0.2, 0.25) is 5.91 Å². The number of carbonyl (C=O) groups is 1. The van der Waals surface area contributed by atoms with Gasteiger partial charge in [0.05, 0.1) is 6.54 Å². The second-order valence-electron chi connectivity index (χ2n) is 10.5. The summed E-state index contributed by atoms with van der Waals surface area (Å²) >= 11 is 0. The maximum atomic E-state index is 12.8. The van der Waals surface area contributed by atoms with E-state index in [-0.39, 0.29) is 5.91 Å². The highest BCUT2D eigenvalue weighted by molar-refractivity contribution is 6.77. The first-order valence-corrected chi connectivity index (χ1v) is 15.0. The molecule has 1 saturated carbocycles. The SMILES string of the molecule is CC(=O)N(CC#Cc1ccccc1)/C(=C/CC1CCCCC1)O[Si](C(C)C)(C(C)C)C(C)C. The Hall–Kier alpha value is -1.99. The summed E-state index contributed by atoms with van der Waals surface area (Å²) in [4.78, 5) is 14.6. The Bertz CT molecular complexity index is 804. The molecule has 1 aromatic rings. The summed E-state index contributed by atoms with van der Waals surface area (Å²) in [5.74, 6) is 7.86. The fourth-order valence-electron chi connectivity index (χ4n) is 5.52. The fraction of sp³-hybridized carbons (Fsp3) is 0.621. The molecule has 0 N–H and O–H groups in total. The average molecular weight is 468 g/mol. The van der Waals surface area contributed by atoms with Crippen LogP contribution in [0, 0.1) is 17.8 Å². The smallest absolute Gasteiger partial charge is 0.260 e. The van der Waals surface area contributed by atoms with E-state index in [1.807, 2.05) is 30.3 Å². The quantitative estimate of drug-likeness (QED) is 0.210. The minimum Gasteiger partial charge on any atom is -0.531 e. The molecule has 0 radical (unpaired) electrons. The molecule has 1 aromatic carbocycles. The van der Waals surface area contributed by atoms with Gasteiger partial charge in [0.25, 0.3) is 8.32 Å². The van der Waals surface area contributed by atoms with E-state index in [0.29, 0.717) is 29.1 Å². The van der Waals surface area contributed by atoms with Crippen molar-refractivity contribution in [3.05, 3.63) is 47.9 Å². The molecule has 0 atom stereocenters. The molecule has 1 fully saturated rings. The third-order valence-electron chi connectivity index (χ3n) is 7.23. The summed E-state index contributed by atoms with van der Waals surface area (Å²) in [5, 5.41) is 0. The molecular weight excluding hydrogens is 422 g/mol. The second kappa shape index (κ2) is 13.0. The number of hydrogen-bond acceptors (Lipinski definition) is 2. The van der Waals surface area contributed by atoms with Crippen molar-refractivity contribution in [3.63, 3.8) is 0 Å². The largest absolute Gasteiger partial charge is 0.531 e. The zero-order chi connectivity index (χ0) is 24.4. The average Bonchev–Trinajstić information content (AvgIpc) is 2.78. The van der Waals surface area contributed by atoms with Crippen molar-refractivity contribution in [2.75, 3.05) is 6.54 Å². The number of nitrogens with zero attached hydrogens (tertiary/aromatic N) is 1. The van der Waals surface area contributed by atoms with Gasteiger partial charge >= 0.3 is 0 Å². The third kappa shape index (κ3) is 7.50. The monoisotopic (exact) mass is 467 g/mol. The number of allylic oxidation sites excluding steroid dienone is 1. The lowest BCUT2D eigenvalue weighted by molar-refractivity contribution is -0.128. The lowest BCUT2D eigenvalue weighted by Gasteiger charge is -2.44. The highest BCUT2D eigenvalue weighted by atomic mass is 28.4. The lowest BCUT2D eigenvalue weighted by atomic mass is 9.87. The van der Waals surface area contributed by atoms with E-state index in [2.05, 4.69) is 59.5 Å². The summed E-state index contributed by atoms with van der Waals surface area (Å²) in [6, 6.07) is 9.95. The number of benzene rings is 1. The van der Waals surface area contributed by atoms with Gasteiger partial charge < -0.3 is 4.43 Å². The number of hydrogen-bond donors (Lipinski definition) is 0. The van der Waals surface area contributed by atoms with Gasteiger partial charge in [0, 0.05) is 12.5 Å². The van der Waals surface area contributed by atoms with Crippen LogP contribution in [0.2, 0.25) is 16.6 Å². The van der Waals surface area contributed by atoms with E-state index in [1.165, 1.54) is 32.1 Å². The molecule has 0 saturated heterocycles. The predicted octanol–water partition coefficient (Wildman–Crippen LogP) is 7.89. The Balaban J connectivity index is 2.39. The first kappa shape index (κ1) is 27.3. The number of amides is 1. The molecule has 4 heteroatoms. The maximum Gasteiger partial charge on any atom is 0.260 e. The minimum atomic E-state index is -2.20. The second-order valence-corrected chi connectivity index (χ2v) is 15.9. The molecule has 0 aliphatic heterocycles. The topological polar surface area (TPSA) is 29.5 Å². The highest BCUT2D eigenvalue weighted by Gasteiger charge is 2.48.